The molecule has 0 aromatic carbocycles. The van der Waals surface area contributed by atoms with Crippen LogP contribution in [0.3, 0.4) is 0 Å². The van der Waals surface area contributed by atoms with Crippen molar-refractivity contribution >= 4 is 0 Å². The van der Waals surface area contributed by atoms with Crippen molar-refractivity contribution in [1.82, 2.24) is 14.7 Å². The van der Waals surface area contributed by atoms with Crippen molar-refractivity contribution in [2.45, 2.75) is 78.1 Å². The van der Waals surface area contributed by atoms with Crippen molar-refractivity contribution in [1.29, 1.82) is 0 Å². The van der Waals surface area contributed by atoms with Gasteiger partial charge >= 0.3 is 0 Å². The molecule has 3 rings (SSSR count). The quantitative estimate of drug-likeness (QED) is 0.860. The number of aliphatic hydroxyl groups excluding tert-OH is 1. The molecule has 2 atom stereocenters. The molecule has 25 heavy (non-hydrogen) atoms. The van der Waals surface area contributed by atoms with Crippen molar-refractivity contribution in [2.75, 3.05) is 6.54 Å². The van der Waals surface area contributed by atoms with Gasteiger partial charge in [0.2, 0.25) is 0 Å². The number of nitrogens with zero attached hydrogens (tertiary/aromatic N) is 3. The summed E-state index contributed by atoms with van der Waals surface area (Å²) in [5, 5.41) is 15.2. The second-order valence-corrected chi connectivity index (χ2v) is 7.21. The van der Waals surface area contributed by atoms with E-state index in [2.05, 4.69) is 35.5 Å². The van der Waals surface area contributed by atoms with Gasteiger partial charge in [0.1, 0.15) is 11.9 Å². The van der Waals surface area contributed by atoms with Gasteiger partial charge in [-0.2, -0.15) is 5.10 Å². The molecule has 2 aromatic rings. The maximum Gasteiger partial charge on any atom is 0.132 e. The van der Waals surface area contributed by atoms with Gasteiger partial charge in [-0.1, -0.05) is 12.8 Å². The standard InChI is InChI=1S/C20H31N3O2/c1-4-23-16(3)18(15(2)21-23)14-22-11-7-5-6-9-17(22)13-19(24)20-10-8-12-25-20/h8,10,12,17,19,24H,4-7,9,11,13-14H2,1-3H3. The number of furan rings is 1. The predicted octanol–water partition coefficient (Wildman–Crippen LogP) is 3.98. The molecule has 2 unspecified atom stereocenters. The minimum atomic E-state index is -0.527. The number of rotatable bonds is 6. The van der Waals surface area contributed by atoms with Gasteiger partial charge in [-0.3, -0.25) is 9.58 Å². The Balaban J connectivity index is 1.75. The highest BCUT2D eigenvalue weighted by Gasteiger charge is 2.26. The molecule has 2 aromatic heterocycles. The smallest absolute Gasteiger partial charge is 0.132 e. The second-order valence-electron chi connectivity index (χ2n) is 7.21. The van der Waals surface area contributed by atoms with Crippen molar-refractivity contribution in [3.8, 4) is 0 Å². The van der Waals surface area contributed by atoms with E-state index in [1.807, 2.05) is 12.1 Å². The number of aromatic nitrogens is 2. The molecule has 0 amide bonds. The van der Waals surface area contributed by atoms with Gasteiger partial charge in [0.15, 0.2) is 0 Å². The lowest BCUT2D eigenvalue weighted by Gasteiger charge is -2.31. The minimum absolute atomic E-state index is 0.381. The van der Waals surface area contributed by atoms with Crippen molar-refractivity contribution in [2.24, 2.45) is 0 Å². The predicted molar refractivity (Wildman–Crippen MR) is 98.3 cm³/mol. The number of hydrogen-bond donors (Lipinski definition) is 1. The van der Waals surface area contributed by atoms with Crippen LogP contribution in [0.1, 0.15) is 67.8 Å². The Morgan fingerprint density at radius 1 is 1.32 bits per heavy atom. The lowest BCUT2D eigenvalue weighted by molar-refractivity contribution is 0.0829. The third kappa shape index (κ3) is 4.15. The number of likely N-dealkylation sites (tertiary alicyclic amines) is 1. The van der Waals surface area contributed by atoms with Gasteiger partial charge in [-0.25, -0.2) is 0 Å². The highest BCUT2D eigenvalue weighted by atomic mass is 16.4. The van der Waals surface area contributed by atoms with Crippen LogP contribution in [0.4, 0.5) is 0 Å². The van der Waals surface area contributed by atoms with Crippen LogP contribution in [0.15, 0.2) is 22.8 Å². The summed E-state index contributed by atoms with van der Waals surface area (Å²) in [6.45, 7) is 9.34. The molecule has 138 valence electrons. The minimum Gasteiger partial charge on any atom is -0.467 e. The van der Waals surface area contributed by atoms with Crippen LogP contribution in [0.5, 0.6) is 0 Å². The number of aliphatic hydroxyl groups is 1. The Morgan fingerprint density at radius 3 is 2.84 bits per heavy atom. The Kier molecular flexibility index (Phi) is 5.97. The fourth-order valence-corrected chi connectivity index (χ4v) is 4.04. The maximum atomic E-state index is 10.6. The number of hydrogen-bond acceptors (Lipinski definition) is 4. The summed E-state index contributed by atoms with van der Waals surface area (Å²) < 4.78 is 7.49. The zero-order chi connectivity index (χ0) is 17.8. The fraction of sp³-hybridized carbons (Fsp3) is 0.650. The number of aryl methyl sites for hydroxylation is 2. The van der Waals surface area contributed by atoms with Gasteiger partial charge in [-0.15, -0.1) is 0 Å². The molecule has 0 saturated carbocycles. The second kappa shape index (κ2) is 8.19. The van der Waals surface area contributed by atoms with Crippen LogP contribution >= 0.6 is 0 Å². The van der Waals surface area contributed by atoms with Gasteiger partial charge in [0.05, 0.1) is 12.0 Å². The van der Waals surface area contributed by atoms with Gasteiger partial charge < -0.3 is 9.52 Å². The molecular weight excluding hydrogens is 314 g/mol. The zero-order valence-electron chi connectivity index (χ0n) is 15.7. The van der Waals surface area contributed by atoms with Gasteiger partial charge in [0, 0.05) is 30.4 Å². The van der Waals surface area contributed by atoms with E-state index in [1.54, 1.807) is 6.26 Å². The third-order valence-corrected chi connectivity index (χ3v) is 5.56. The Hall–Kier alpha value is -1.59. The molecule has 0 aliphatic carbocycles. The zero-order valence-corrected chi connectivity index (χ0v) is 15.7. The summed E-state index contributed by atoms with van der Waals surface area (Å²) in [6.07, 6.45) is 6.71. The van der Waals surface area contributed by atoms with E-state index < -0.39 is 6.10 Å². The molecule has 0 spiro atoms. The molecule has 1 aliphatic heterocycles. The first-order valence-electron chi connectivity index (χ1n) is 9.58. The molecular formula is C20H31N3O2. The van der Waals surface area contributed by atoms with Gasteiger partial charge in [0.25, 0.3) is 0 Å². The van der Waals surface area contributed by atoms with Gasteiger partial charge in [-0.05, 0) is 58.7 Å². The Labute approximate surface area is 150 Å². The molecule has 0 radical (unpaired) electrons. The van der Waals surface area contributed by atoms with E-state index in [0.717, 1.165) is 38.2 Å². The normalized spacial score (nSPS) is 20.6. The summed E-state index contributed by atoms with van der Waals surface area (Å²) in [5.41, 5.74) is 3.75. The summed E-state index contributed by atoms with van der Waals surface area (Å²) in [7, 11) is 0. The van der Waals surface area contributed by atoms with Crippen molar-refractivity contribution in [3.63, 3.8) is 0 Å². The first-order valence-corrected chi connectivity index (χ1v) is 9.58. The average molecular weight is 345 g/mol. The maximum absolute atomic E-state index is 10.6. The van der Waals surface area contributed by atoms with Crippen molar-refractivity contribution in [3.05, 3.63) is 41.1 Å². The van der Waals surface area contributed by atoms with Crippen LogP contribution in [0.25, 0.3) is 0 Å². The highest BCUT2D eigenvalue weighted by molar-refractivity contribution is 5.24. The van der Waals surface area contributed by atoms with E-state index in [1.165, 1.54) is 30.5 Å². The molecule has 1 N–H and O–H groups in total. The average Bonchev–Trinajstić information content (AvgIpc) is 3.16. The first-order chi connectivity index (χ1) is 12.1. The van der Waals surface area contributed by atoms with Crippen LogP contribution in [0.2, 0.25) is 0 Å². The monoisotopic (exact) mass is 345 g/mol. The Morgan fingerprint density at radius 2 is 2.16 bits per heavy atom. The van der Waals surface area contributed by atoms with Crippen LogP contribution in [-0.2, 0) is 13.1 Å². The highest BCUT2D eigenvalue weighted by Crippen LogP contribution is 2.28. The van der Waals surface area contributed by atoms with E-state index in [4.69, 9.17) is 4.42 Å². The largest absolute Gasteiger partial charge is 0.467 e. The molecule has 3 heterocycles. The summed E-state index contributed by atoms with van der Waals surface area (Å²) in [6, 6.07) is 4.09. The Bertz CT molecular complexity index is 663. The lowest BCUT2D eigenvalue weighted by Crippen LogP contribution is -2.35. The summed E-state index contributed by atoms with van der Waals surface area (Å²) in [4.78, 5) is 2.55. The molecule has 1 saturated heterocycles. The first kappa shape index (κ1) is 18.2. The van der Waals surface area contributed by atoms with E-state index in [0.29, 0.717) is 11.8 Å². The molecule has 1 fully saturated rings. The fourth-order valence-electron chi connectivity index (χ4n) is 4.04. The lowest BCUT2D eigenvalue weighted by atomic mass is 10.0. The van der Waals surface area contributed by atoms with E-state index in [9.17, 15) is 5.11 Å². The third-order valence-electron chi connectivity index (χ3n) is 5.56. The van der Waals surface area contributed by atoms with Crippen LogP contribution < -0.4 is 0 Å². The van der Waals surface area contributed by atoms with Crippen molar-refractivity contribution < 1.29 is 9.52 Å². The van der Waals surface area contributed by atoms with E-state index in [-0.39, 0.29) is 0 Å². The molecule has 5 heteroatoms. The topological polar surface area (TPSA) is 54.4 Å². The SMILES string of the molecule is CCn1nc(C)c(CN2CCCCCC2CC(O)c2ccco2)c1C. The molecule has 5 nitrogen and oxygen atoms in total. The van der Waals surface area contributed by atoms with E-state index >= 15 is 0 Å². The summed E-state index contributed by atoms with van der Waals surface area (Å²) in [5.74, 6) is 0.676. The van der Waals surface area contributed by atoms with Crippen LogP contribution in [-0.4, -0.2) is 32.4 Å². The summed E-state index contributed by atoms with van der Waals surface area (Å²) >= 11 is 0. The van der Waals surface area contributed by atoms with Crippen LogP contribution in [0, 0.1) is 13.8 Å². The molecule has 1 aliphatic rings. The molecule has 0 bridgehead atoms.